The van der Waals surface area contributed by atoms with Crippen molar-refractivity contribution >= 4 is 71.4 Å². The van der Waals surface area contributed by atoms with Gasteiger partial charge in [-0.25, -0.2) is 8.42 Å². The van der Waals surface area contributed by atoms with Crippen LogP contribution in [0, 0.1) is 0 Å². The molecule has 0 unspecified atom stereocenters. The number of likely N-dealkylation sites (tertiary alicyclic amines) is 1. The third-order valence-electron chi connectivity index (χ3n) is 12.4. The molecular weight excluding hydrogens is 752 g/mol. The van der Waals surface area contributed by atoms with Crippen LogP contribution in [-0.4, -0.2) is 68.2 Å². The molecule has 10 heteroatoms. The number of anilines is 1. The summed E-state index contributed by atoms with van der Waals surface area (Å²) in [5.41, 5.74) is 5.79. The minimum Gasteiger partial charge on any atom is -0.353 e. The Morgan fingerprint density at radius 3 is 2.30 bits per heavy atom. The molecule has 2 heterocycles. The molecule has 8 nitrogen and oxygen atoms in total. The van der Waals surface area contributed by atoms with E-state index in [9.17, 15) is 18.0 Å². The van der Waals surface area contributed by atoms with Gasteiger partial charge in [0.1, 0.15) is 6.04 Å². The van der Waals surface area contributed by atoms with Crippen LogP contribution in [0.25, 0.3) is 32.3 Å². The maximum absolute atomic E-state index is 14.2. The molecule has 1 aliphatic carbocycles. The average Bonchev–Trinajstić information content (AvgIpc) is 3.24. The van der Waals surface area contributed by atoms with E-state index in [0.717, 1.165) is 52.9 Å². The Balaban J connectivity index is 1.07. The van der Waals surface area contributed by atoms with Crippen molar-refractivity contribution in [2.45, 2.75) is 68.2 Å². The summed E-state index contributed by atoms with van der Waals surface area (Å²) in [6, 6.07) is 32.8. The number of nitrogens with one attached hydrogen (secondary N) is 2. The minimum absolute atomic E-state index is 0.0222. The van der Waals surface area contributed by atoms with Crippen LogP contribution in [-0.2, 0) is 32.5 Å². The SMILES string of the molecule is O=C(C[C@@H]1C(=O)NCCN1S(=O)(=O)c1ccc(Cl)cc1)Nc1c([C@@H]2CCCc3c2ccc2c3cc(CCN3CCCCC3)c3ccccc32)ccc2ccccc12. The molecule has 0 spiro atoms. The van der Waals surface area contributed by atoms with E-state index in [0.29, 0.717) is 10.7 Å². The highest BCUT2D eigenvalue weighted by atomic mass is 35.5. The number of hydrogen-bond acceptors (Lipinski definition) is 5. The van der Waals surface area contributed by atoms with Gasteiger partial charge in [-0.05, 0) is 125 Å². The normalized spacial score (nSPS) is 19.4. The zero-order chi connectivity index (χ0) is 39.1. The summed E-state index contributed by atoms with van der Waals surface area (Å²) in [5.74, 6) is -0.894. The van der Waals surface area contributed by atoms with Gasteiger partial charge in [-0.15, -0.1) is 0 Å². The molecule has 0 radical (unpaired) electrons. The van der Waals surface area contributed by atoms with Gasteiger partial charge in [0.15, 0.2) is 0 Å². The predicted octanol–water partition coefficient (Wildman–Crippen LogP) is 8.81. The van der Waals surface area contributed by atoms with Crippen molar-refractivity contribution in [2.75, 3.05) is 38.0 Å². The highest BCUT2D eigenvalue weighted by Gasteiger charge is 2.40. The number of carbonyl (C=O) groups is 2. The fraction of sp³-hybridized carbons (Fsp3) is 0.319. The third kappa shape index (κ3) is 7.31. The molecule has 2 N–H and O–H groups in total. The Morgan fingerprint density at radius 1 is 0.772 bits per heavy atom. The van der Waals surface area contributed by atoms with E-state index in [4.69, 9.17) is 11.6 Å². The zero-order valence-electron chi connectivity index (χ0n) is 32.0. The smallest absolute Gasteiger partial charge is 0.243 e. The summed E-state index contributed by atoms with van der Waals surface area (Å²) >= 11 is 6.05. The van der Waals surface area contributed by atoms with Gasteiger partial charge in [0.25, 0.3) is 0 Å². The number of rotatable bonds is 9. The first-order chi connectivity index (χ1) is 27.8. The van der Waals surface area contributed by atoms with Crippen molar-refractivity contribution in [2.24, 2.45) is 0 Å². The molecule has 6 aromatic carbocycles. The minimum atomic E-state index is -4.09. The summed E-state index contributed by atoms with van der Waals surface area (Å²) in [5, 5.41) is 13.5. The number of fused-ring (bicyclic) bond motifs is 6. The molecule has 57 heavy (non-hydrogen) atoms. The van der Waals surface area contributed by atoms with Crippen LogP contribution >= 0.6 is 11.6 Å². The molecule has 2 saturated heterocycles. The fourth-order valence-electron chi connectivity index (χ4n) is 9.57. The molecule has 0 saturated carbocycles. The Morgan fingerprint density at radius 2 is 1.49 bits per heavy atom. The number of nitrogens with zero attached hydrogens (tertiary/aromatic N) is 2. The molecule has 9 rings (SSSR count). The lowest BCUT2D eigenvalue weighted by molar-refractivity contribution is -0.130. The largest absolute Gasteiger partial charge is 0.353 e. The van der Waals surface area contributed by atoms with Crippen molar-refractivity contribution in [3.63, 3.8) is 0 Å². The van der Waals surface area contributed by atoms with Crippen molar-refractivity contribution in [1.29, 1.82) is 0 Å². The molecule has 6 aromatic rings. The average molecular weight is 799 g/mol. The molecule has 2 amide bonds. The lowest BCUT2D eigenvalue weighted by atomic mass is 9.75. The molecule has 292 valence electrons. The van der Waals surface area contributed by atoms with Gasteiger partial charge in [-0.1, -0.05) is 96.9 Å². The number of piperazine rings is 1. The quantitative estimate of drug-likeness (QED) is 0.143. The van der Waals surface area contributed by atoms with Crippen LogP contribution in [0.2, 0.25) is 5.02 Å². The standard InChI is InChI=1S/C47H47ClN4O4S/c48-33-16-18-34(19-17-33)57(55,56)52-28-24-49-47(54)44(52)30-45(53)50-46-36-11-3-2-9-31(36)15-20-42(46)38-13-8-14-39-40(38)21-22-41-37-12-5-4-10-35(37)32(29-43(39)41)23-27-51-25-6-1-7-26-51/h2-5,9-12,15-22,29,38,44H,1,6-8,13-14,23-28,30H2,(H,49,54)(H,50,53)/t38-,44-/m1/s1. The number of benzene rings is 6. The van der Waals surface area contributed by atoms with Gasteiger partial charge in [0, 0.05) is 36.0 Å². The van der Waals surface area contributed by atoms with Crippen molar-refractivity contribution in [3.05, 3.63) is 130 Å². The first kappa shape index (κ1) is 37.8. The second-order valence-corrected chi connectivity index (χ2v) is 18.1. The van der Waals surface area contributed by atoms with Crippen LogP contribution in [0.1, 0.15) is 66.7 Å². The first-order valence-electron chi connectivity index (χ1n) is 20.3. The first-order valence-corrected chi connectivity index (χ1v) is 22.1. The van der Waals surface area contributed by atoms with Gasteiger partial charge in [0.2, 0.25) is 21.8 Å². The van der Waals surface area contributed by atoms with Crippen LogP contribution in [0.15, 0.2) is 108 Å². The van der Waals surface area contributed by atoms with Crippen LogP contribution < -0.4 is 10.6 Å². The van der Waals surface area contributed by atoms with Crippen LogP contribution in [0.5, 0.6) is 0 Å². The maximum atomic E-state index is 14.2. The maximum Gasteiger partial charge on any atom is 0.243 e. The lowest BCUT2D eigenvalue weighted by Crippen LogP contribution is -2.57. The number of sulfonamides is 1. The van der Waals surface area contributed by atoms with E-state index in [1.54, 1.807) is 0 Å². The van der Waals surface area contributed by atoms with E-state index >= 15 is 0 Å². The van der Waals surface area contributed by atoms with Gasteiger partial charge in [-0.3, -0.25) is 9.59 Å². The Labute approximate surface area is 339 Å². The van der Waals surface area contributed by atoms with Gasteiger partial charge in [-0.2, -0.15) is 4.31 Å². The summed E-state index contributed by atoms with van der Waals surface area (Å²) in [6.07, 6.45) is 7.49. The lowest BCUT2D eigenvalue weighted by Gasteiger charge is -2.34. The predicted molar refractivity (Wildman–Crippen MR) is 230 cm³/mol. The van der Waals surface area contributed by atoms with Crippen LogP contribution in [0.3, 0.4) is 0 Å². The Kier molecular flexibility index (Phi) is 10.5. The zero-order valence-corrected chi connectivity index (χ0v) is 33.5. The van der Waals surface area contributed by atoms with Gasteiger partial charge < -0.3 is 15.5 Å². The van der Waals surface area contributed by atoms with Crippen molar-refractivity contribution in [1.82, 2.24) is 14.5 Å². The summed E-state index contributed by atoms with van der Waals surface area (Å²) in [6.45, 7) is 3.64. The molecule has 3 aliphatic rings. The Bertz CT molecular complexity index is 2620. The number of halogens is 1. The van der Waals surface area contributed by atoms with E-state index in [1.807, 2.05) is 24.3 Å². The highest BCUT2D eigenvalue weighted by molar-refractivity contribution is 7.89. The number of amides is 2. The monoisotopic (exact) mass is 798 g/mol. The number of carbonyl (C=O) groups excluding carboxylic acids is 2. The van der Waals surface area contributed by atoms with Gasteiger partial charge in [0.05, 0.1) is 17.0 Å². The topological polar surface area (TPSA) is 98.8 Å². The number of piperidine rings is 1. The van der Waals surface area contributed by atoms with Gasteiger partial charge >= 0.3 is 0 Å². The van der Waals surface area contributed by atoms with E-state index in [2.05, 4.69) is 70.1 Å². The van der Waals surface area contributed by atoms with Crippen molar-refractivity contribution < 1.29 is 18.0 Å². The summed E-state index contributed by atoms with van der Waals surface area (Å²) in [7, 11) is -4.09. The number of hydrogen-bond donors (Lipinski definition) is 2. The Hall–Kier alpha value is -4.80. The van der Waals surface area contributed by atoms with E-state index in [-0.39, 0.29) is 30.3 Å². The summed E-state index contributed by atoms with van der Waals surface area (Å²) < 4.78 is 28.8. The molecule has 2 fully saturated rings. The molecule has 2 aliphatic heterocycles. The van der Waals surface area contributed by atoms with E-state index < -0.39 is 27.9 Å². The van der Waals surface area contributed by atoms with Crippen LogP contribution in [0.4, 0.5) is 5.69 Å². The molecule has 2 atom stereocenters. The molecular formula is C47H47ClN4O4S. The fourth-order valence-corrected chi connectivity index (χ4v) is 11.3. The third-order valence-corrected chi connectivity index (χ3v) is 14.6. The van der Waals surface area contributed by atoms with Crippen molar-refractivity contribution in [3.8, 4) is 0 Å². The second-order valence-electron chi connectivity index (χ2n) is 15.8. The van der Waals surface area contributed by atoms with E-state index in [1.165, 1.54) is 94.9 Å². The number of aryl methyl sites for hydroxylation is 1. The molecule has 0 bridgehead atoms. The molecule has 0 aromatic heterocycles. The highest BCUT2D eigenvalue weighted by Crippen LogP contribution is 2.45. The summed E-state index contributed by atoms with van der Waals surface area (Å²) in [4.78, 5) is 30.1. The second kappa shape index (κ2) is 15.9.